The molecule has 0 aliphatic carbocycles. The van der Waals surface area contributed by atoms with Crippen LogP contribution in [0.4, 0.5) is 5.69 Å². The molecule has 0 bridgehead atoms. The molecule has 0 atom stereocenters. The number of aromatic nitrogens is 2. The number of rotatable bonds is 6. The van der Waals surface area contributed by atoms with Crippen molar-refractivity contribution in [3.63, 3.8) is 0 Å². The van der Waals surface area contributed by atoms with E-state index in [1.54, 1.807) is 24.3 Å². The number of nitro benzene ring substituents is 1. The van der Waals surface area contributed by atoms with Gasteiger partial charge in [0.15, 0.2) is 0 Å². The summed E-state index contributed by atoms with van der Waals surface area (Å²) in [7, 11) is -3.79. The molecule has 1 fully saturated rings. The summed E-state index contributed by atoms with van der Waals surface area (Å²) < 4.78 is 32.7. The molecule has 4 rings (SSSR count). The molecule has 1 aliphatic heterocycles. The summed E-state index contributed by atoms with van der Waals surface area (Å²) in [4.78, 5) is 11.1. The van der Waals surface area contributed by atoms with Gasteiger partial charge in [0.2, 0.25) is 15.9 Å². The largest absolute Gasteiger partial charge is 0.411 e. The van der Waals surface area contributed by atoms with Crippen LogP contribution in [0.3, 0.4) is 0 Å². The zero-order chi connectivity index (χ0) is 22.0. The van der Waals surface area contributed by atoms with Crippen LogP contribution in [-0.2, 0) is 10.0 Å². The van der Waals surface area contributed by atoms with Gasteiger partial charge in [0.1, 0.15) is 0 Å². The van der Waals surface area contributed by atoms with E-state index in [9.17, 15) is 18.5 Å². The van der Waals surface area contributed by atoms with Crippen LogP contribution >= 0.6 is 23.4 Å². The van der Waals surface area contributed by atoms with Crippen LogP contribution in [0.15, 0.2) is 61.9 Å². The molecule has 2 aromatic carbocycles. The first-order chi connectivity index (χ1) is 14.8. The van der Waals surface area contributed by atoms with Gasteiger partial charge in [-0.2, -0.15) is 4.31 Å². The number of sulfonamides is 1. The van der Waals surface area contributed by atoms with Gasteiger partial charge in [-0.15, -0.1) is 10.2 Å². The summed E-state index contributed by atoms with van der Waals surface area (Å²) in [6.45, 7) is 0.837. The topological polar surface area (TPSA) is 119 Å². The molecule has 1 aliphatic rings. The first kappa shape index (κ1) is 21.8. The van der Waals surface area contributed by atoms with Gasteiger partial charge in [0.25, 0.3) is 10.9 Å². The lowest BCUT2D eigenvalue weighted by molar-refractivity contribution is -0.388. The Labute approximate surface area is 187 Å². The number of nitro groups is 1. The van der Waals surface area contributed by atoms with Gasteiger partial charge in [-0.05, 0) is 61.0 Å². The quantitative estimate of drug-likeness (QED) is 0.370. The van der Waals surface area contributed by atoms with Crippen LogP contribution in [0.2, 0.25) is 5.02 Å². The lowest BCUT2D eigenvalue weighted by Gasteiger charge is -2.25. The van der Waals surface area contributed by atoms with Gasteiger partial charge in [0.05, 0.1) is 14.7 Å². The zero-order valence-electron chi connectivity index (χ0n) is 16.1. The van der Waals surface area contributed by atoms with Crippen LogP contribution in [0.1, 0.15) is 19.3 Å². The lowest BCUT2D eigenvalue weighted by atomic mass is 10.2. The molecule has 3 aromatic rings. The molecule has 0 N–H and O–H groups in total. The smallest absolute Gasteiger partial charge is 0.284 e. The third-order valence-corrected chi connectivity index (χ3v) is 7.83. The molecule has 0 unspecified atom stereocenters. The van der Waals surface area contributed by atoms with E-state index in [1.807, 2.05) is 0 Å². The first-order valence-corrected chi connectivity index (χ1v) is 12.0. The molecule has 12 heteroatoms. The number of piperidine rings is 1. The fourth-order valence-corrected chi connectivity index (χ4v) is 5.62. The number of hydrogen-bond acceptors (Lipinski definition) is 8. The van der Waals surface area contributed by atoms with E-state index in [0.29, 0.717) is 23.7 Å². The van der Waals surface area contributed by atoms with Gasteiger partial charge in [-0.1, -0.05) is 18.0 Å². The Morgan fingerprint density at radius 1 is 1.06 bits per heavy atom. The van der Waals surface area contributed by atoms with Gasteiger partial charge >= 0.3 is 0 Å². The van der Waals surface area contributed by atoms with E-state index in [0.717, 1.165) is 37.1 Å². The van der Waals surface area contributed by atoms with Gasteiger partial charge in [-0.25, -0.2) is 8.42 Å². The highest BCUT2D eigenvalue weighted by Crippen LogP contribution is 2.37. The molecule has 1 aromatic heterocycles. The Balaban J connectivity index is 1.60. The van der Waals surface area contributed by atoms with Crippen LogP contribution in [0.25, 0.3) is 11.5 Å². The van der Waals surface area contributed by atoms with Crippen LogP contribution in [-0.4, -0.2) is 40.9 Å². The summed E-state index contributed by atoms with van der Waals surface area (Å²) in [5.74, 6) is 0.242. The van der Waals surface area contributed by atoms with Crippen molar-refractivity contribution in [3.8, 4) is 11.5 Å². The lowest BCUT2D eigenvalue weighted by Crippen LogP contribution is -2.35. The van der Waals surface area contributed by atoms with E-state index in [1.165, 1.54) is 16.4 Å². The molecule has 0 amide bonds. The standard InChI is InChI=1S/C19H17ClN4O5S2/c20-14-6-4-13(5-7-14)18-21-22-19(29-18)30-17-9-8-15(12-16(17)24(25)26)31(27,28)23-10-2-1-3-11-23/h4-9,12H,1-3,10-11H2. The van der Waals surface area contributed by atoms with Crippen molar-refractivity contribution in [2.75, 3.05) is 13.1 Å². The monoisotopic (exact) mass is 480 g/mol. The van der Waals surface area contributed by atoms with Gasteiger partial charge in [0, 0.05) is 29.7 Å². The van der Waals surface area contributed by atoms with E-state index >= 15 is 0 Å². The van der Waals surface area contributed by atoms with Crippen LogP contribution in [0.5, 0.6) is 0 Å². The fourth-order valence-electron chi connectivity index (χ4n) is 3.20. The van der Waals surface area contributed by atoms with E-state index in [-0.39, 0.29) is 26.6 Å². The molecule has 0 radical (unpaired) electrons. The number of halogens is 1. The second-order valence-corrected chi connectivity index (χ2v) is 10.2. The molecule has 1 saturated heterocycles. The maximum atomic E-state index is 12.9. The van der Waals surface area contributed by atoms with Crippen molar-refractivity contribution >= 4 is 39.1 Å². The average molecular weight is 481 g/mol. The van der Waals surface area contributed by atoms with Crippen LogP contribution in [0, 0.1) is 10.1 Å². The van der Waals surface area contributed by atoms with Crippen LogP contribution < -0.4 is 0 Å². The third-order valence-electron chi connectivity index (χ3n) is 4.77. The van der Waals surface area contributed by atoms with E-state index in [4.69, 9.17) is 16.0 Å². The van der Waals surface area contributed by atoms with Crippen molar-refractivity contribution in [2.45, 2.75) is 34.3 Å². The van der Waals surface area contributed by atoms with Gasteiger partial charge < -0.3 is 4.42 Å². The third kappa shape index (κ3) is 4.74. The van der Waals surface area contributed by atoms with Crippen molar-refractivity contribution in [1.29, 1.82) is 0 Å². The predicted molar refractivity (Wildman–Crippen MR) is 115 cm³/mol. The molecule has 162 valence electrons. The number of hydrogen-bond donors (Lipinski definition) is 0. The zero-order valence-corrected chi connectivity index (χ0v) is 18.5. The van der Waals surface area contributed by atoms with Crippen molar-refractivity contribution in [3.05, 3.63) is 57.6 Å². The maximum absolute atomic E-state index is 12.9. The molecular formula is C19H17ClN4O5S2. The molecule has 2 heterocycles. The highest BCUT2D eigenvalue weighted by molar-refractivity contribution is 7.99. The number of benzene rings is 2. The van der Waals surface area contributed by atoms with E-state index in [2.05, 4.69) is 10.2 Å². The van der Waals surface area contributed by atoms with Crippen molar-refractivity contribution in [2.24, 2.45) is 0 Å². The van der Waals surface area contributed by atoms with Gasteiger partial charge in [-0.3, -0.25) is 10.1 Å². The summed E-state index contributed by atoms with van der Waals surface area (Å²) in [5.41, 5.74) is 0.315. The van der Waals surface area contributed by atoms with E-state index < -0.39 is 14.9 Å². The summed E-state index contributed by atoms with van der Waals surface area (Å²) in [6.07, 6.45) is 2.54. The summed E-state index contributed by atoms with van der Waals surface area (Å²) in [6, 6.07) is 10.6. The first-order valence-electron chi connectivity index (χ1n) is 9.40. The summed E-state index contributed by atoms with van der Waals surface area (Å²) >= 11 is 6.77. The Morgan fingerprint density at radius 3 is 2.45 bits per heavy atom. The molecule has 31 heavy (non-hydrogen) atoms. The SMILES string of the molecule is O=[N+]([O-])c1cc(S(=O)(=O)N2CCCCC2)ccc1Sc1nnc(-c2ccc(Cl)cc2)o1. The maximum Gasteiger partial charge on any atom is 0.284 e. The molecular weight excluding hydrogens is 464 g/mol. The Morgan fingerprint density at radius 2 is 1.77 bits per heavy atom. The van der Waals surface area contributed by atoms with Crippen molar-refractivity contribution in [1.82, 2.24) is 14.5 Å². The average Bonchev–Trinajstić information content (AvgIpc) is 3.23. The second-order valence-electron chi connectivity index (χ2n) is 6.83. The normalized spacial score (nSPS) is 15.1. The van der Waals surface area contributed by atoms with Crippen molar-refractivity contribution < 1.29 is 17.8 Å². The molecule has 0 saturated carbocycles. The Kier molecular flexibility index (Phi) is 6.28. The second kappa shape index (κ2) is 8.95. The molecule has 0 spiro atoms. The number of nitrogens with zero attached hydrogens (tertiary/aromatic N) is 4. The Bertz CT molecular complexity index is 1210. The molecule has 9 nitrogen and oxygen atoms in total. The highest BCUT2D eigenvalue weighted by Gasteiger charge is 2.29. The highest BCUT2D eigenvalue weighted by atomic mass is 35.5. The Hall–Kier alpha value is -2.47. The minimum absolute atomic E-state index is 0.0969. The minimum Gasteiger partial charge on any atom is -0.411 e. The minimum atomic E-state index is -3.79. The predicted octanol–water partition coefficient (Wildman–Crippen LogP) is 4.62. The fraction of sp³-hybridized carbons (Fsp3) is 0.263. The summed E-state index contributed by atoms with van der Waals surface area (Å²) in [5, 5.41) is 20.2.